The molecule has 0 aliphatic rings. The third-order valence-corrected chi connectivity index (χ3v) is 3.90. The van der Waals surface area contributed by atoms with E-state index in [1.54, 1.807) is 29.2 Å². The van der Waals surface area contributed by atoms with Crippen molar-refractivity contribution in [2.75, 3.05) is 0 Å². The molecule has 8 heteroatoms. The topological polar surface area (TPSA) is 78.7 Å². The number of pyridine rings is 1. The smallest absolute Gasteiger partial charge is 0.406 e. The number of halogens is 1. The van der Waals surface area contributed by atoms with Crippen molar-refractivity contribution in [1.29, 1.82) is 0 Å². The fraction of sp³-hybridized carbons (Fsp3) is 0.0667. The molecule has 4 aromatic rings. The summed E-state index contributed by atoms with van der Waals surface area (Å²) in [6.45, 7) is 0.249. The van der Waals surface area contributed by atoms with Crippen molar-refractivity contribution in [2.45, 2.75) is 6.54 Å². The summed E-state index contributed by atoms with van der Waals surface area (Å²) in [5.41, 5.74) is 2.48. The Labute approximate surface area is 138 Å². The van der Waals surface area contributed by atoms with Crippen LogP contribution in [-0.4, -0.2) is 24.5 Å². The van der Waals surface area contributed by atoms with Crippen LogP contribution in [0.5, 0.6) is 0 Å². The summed E-state index contributed by atoms with van der Waals surface area (Å²) < 4.78 is 9.24. The first kappa shape index (κ1) is 13.9. The van der Waals surface area contributed by atoms with Gasteiger partial charge in [0.2, 0.25) is 0 Å². The van der Waals surface area contributed by atoms with Gasteiger partial charge in [0.25, 0.3) is 0 Å². The lowest BCUT2D eigenvalue weighted by Crippen LogP contribution is -2.15. The minimum atomic E-state index is -0.461. The third kappa shape index (κ3) is 2.57. The van der Waals surface area contributed by atoms with Crippen molar-refractivity contribution >= 4 is 27.2 Å². The summed E-state index contributed by atoms with van der Waals surface area (Å²) in [5, 5.41) is 8.20. The second-order valence-corrected chi connectivity index (χ2v) is 5.83. The summed E-state index contributed by atoms with van der Waals surface area (Å²) in [4.78, 5) is 16.1. The van der Waals surface area contributed by atoms with Gasteiger partial charge in [-0.05, 0) is 36.4 Å². The van der Waals surface area contributed by atoms with E-state index in [2.05, 4.69) is 31.2 Å². The highest BCUT2D eigenvalue weighted by Gasteiger charge is 2.12. The molecule has 0 aliphatic heterocycles. The molecule has 0 unspecified atom stereocenters. The van der Waals surface area contributed by atoms with Crippen LogP contribution in [-0.2, 0) is 6.54 Å². The molecule has 0 saturated heterocycles. The second kappa shape index (κ2) is 5.47. The molecule has 23 heavy (non-hydrogen) atoms. The van der Waals surface area contributed by atoms with E-state index in [9.17, 15) is 4.79 Å². The Kier molecular flexibility index (Phi) is 3.30. The highest BCUT2D eigenvalue weighted by Crippen LogP contribution is 2.14. The van der Waals surface area contributed by atoms with Gasteiger partial charge < -0.3 is 4.42 Å². The van der Waals surface area contributed by atoms with Gasteiger partial charge in [0, 0.05) is 10.7 Å². The Hall–Kier alpha value is -2.74. The van der Waals surface area contributed by atoms with Crippen molar-refractivity contribution < 1.29 is 4.42 Å². The van der Waals surface area contributed by atoms with Gasteiger partial charge in [0.15, 0.2) is 11.2 Å². The maximum absolute atomic E-state index is 12.0. The van der Waals surface area contributed by atoms with Crippen LogP contribution in [0.1, 0.15) is 5.69 Å². The van der Waals surface area contributed by atoms with E-state index in [1.807, 2.05) is 24.3 Å². The normalized spacial score (nSPS) is 11.2. The number of benzene rings is 1. The molecular weight excluding hydrogens is 362 g/mol. The maximum Gasteiger partial charge on any atom is 0.421 e. The SMILES string of the molecule is O=c1oc2cccnc2n1Cc1cn(-c2ccc(Br)cc2)nn1. The van der Waals surface area contributed by atoms with Crippen molar-refractivity contribution in [3.05, 3.63) is 69.5 Å². The molecule has 1 aromatic carbocycles. The zero-order valence-electron chi connectivity index (χ0n) is 11.8. The Morgan fingerprint density at radius 2 is 2.00 bits per heavy atom. The highest BCUT2D eigenvalue weighted by atomic mass is 79.9. The van der Waals surface area contributed by atoms with Crippen LogP contribution in [0.3, 0.4) is 0 Å². The predicted octanol–water partition coefficient (Wildman–Crippen LogP) is 2.38. The maximum atomic E-state index is 12.0. The van der Waals surface area contributed by atoms with E-state index < -0.39 is 5.76 Å². The molecule has 4 rings (SSSR count). The third-order valence-electron chi connectivity index (χ3n) is 3.38. The van der Waals surface area contributed by atoms with E-state index in [0.717, 1.165) is 10.2 Å². The fourth-order valence-electron chi connectivity index (χ4n) is 2.29. The van der Waals surface area contributed by atoms with E-state index in [-0.39, 0.29) is 6.54 Å². The molecule has 0 amide bonds. The summed E-state index contributed by atoms with van der Waals surface area (Å²) in [6.07, 6.45) is 3.39. The molecule has 0 saturated carbocycles. The van der Waals surface area contributed by atoms with Crippen molar-refractivity contribution in [3.8, 4) is 5.69 Å². The summed E-state index contributed by atoms with van der Waals surface area (Å²) in [6, 6.07) is 11.1. The minimum absolute atomic E-state index is 0.249. The van der Waals surface area contributed by atoms with Gasteiger partial charge in [-0.15, -0.1) is 5.10 Å². The number of rotatable bonds is 3. The first-order chi connectivity index (χ1) is 11.2. The minimum Gasteiger partial charge on any atom is -0.406 e. The lowest BCUT2D eigenvalue weighted by Gasteiger charge is -1.99. The molecule has 0 bridgehead atoms. The predicted molar refractivity (Wildman–Crippen MR) is 86.4 cm³/mol. The summed E-state index contributed by atoms with van der Waals surface area (Å²) in [7, 11) is 0. The molecular formula is C15H10BrN5O2. The number of aromatic nitrogens is 5. The van der Waals surface area contributed by atoms with Crippen molar-refractivity contribution in [1.82, 2.24) is 24.5 Å². The van der Waals surface area contributed by atoms with Crippen LogP contribution in [0.15, 0.2) is 62.5 Å². The molecule has 0 aliphatic carbocycles. The van der Waals surface area contributed by atoms with Crippen LogP contribution in [0.2, 0.25) is 0 Å². The molecule has 3 heterocycles. The summed E-state index contributed by atoms with van der Waals surface area (Å²) in [5.74, 6) is -0.461. The van der Waals surface area contributed by atoms with Crippen molar-refractivity contribution in [3.63, 3.8) is 0 Å². The van der Waals surface area contributed by atoms with Gasteiger partial charge >= 0.3 is 5.76 Å². The van der Waals surface area contributed by atoms with Gasteiger partial charge in [-0.2, -0.15) is 0 Å². The monoisotopic (exact) mass is 371 g/mol. The van der Waals surface area contributed by atoms with E-state index >= 15 is 0 Å². The molecule has 114 valence electrons. The first-order valence-electron chi connectivity index (χ1n) is 6.82. The van der Waals surface area contributed by atoms with Crippen LogP contribution >= 0.6 is 15.9 Å². The number of fused-ring (bicyclic) bond motifs is 1. The average Bonchev–Trinajstić information content (AvgIpc) is 3.14. The lowest BCUT2D eigenvalue weighted by atomic mass is 10.3. The molecule has 0 N–H and O–H groups in total. The van der Waals surface area contributed by atoms with Crippen LogP contribution in [0, 0.1) is 0 Å². The number of nitrogens with zero attached hydrogens (tertiary/aromatic N) is 5. The second-order valence-electron chi connectivity index (χ2n) is 4.91. The van der Waals surface area contributed by atoms with Crippen LogP contribution < -0.4 is 5.76 Å². The van der Waals surface area contributed by atoms with Gasteiger partial charge in [0.1, 0.15) is 5.69 Å². The zero-order chi connectivity index (χ0) is 15.8. The molecule has 3 aromatic heterocycles. The van der Waals surface area contributed by atoms with Crippen molar-refractivity contribution in [2.24, 2.45) is 0 Å². The Morgan fingerprint density at radius 1 is 1.17 bits per heavy atom. The first-order valence-corrected chi connectivity index (χ1v) is 7.61. The van der Waals surface area contributed by atoms with Gasteiger partial charge in [0.05, 0.1) is 18.4 Å². The molecule has 7 nitrogen and oxygen atoms in total. The molecule has 0 fully saturated rings. The molecule has 0 atom stereocenters. The Bertz CT molecular complexity index is 1030. The largest absolute Gasteiger partial charge is 0.421 e. The Morgan fingerprint density at radius 3 is 2.83 bits per heavy atom. The zero-order valence-corrected chi connectivity index (χ0v) is 13.3. The lowest BCUT2D eigenvalue weighted by molar-refractivity contribution is 0.515. The quantitative estimate of drug-likeness (QED) is 0.552. The highest BCUT2D eigenvalue weighted by molar-refractivity contribution is 9.10. The molecule has 0 radical (unpaired) electrons. The van der Waals surface area contributed by atoms with E-state index in [4.69, 9.17) is 4.42 Å². The average molecular weight is 372 g/mol. The van der Waals surface area contributed by atoms with Gasteiger partial charge in [-0.1, -0.05) is 21.1 Å². The number of hydrogen-bond donors (Lipinski definition) is 0. The van der Waals surface area contributed by atoms with Crippen LogP contribution in [0.4, 0.5) is 0 Å². The Balaban J connectivity index is 1.68. The fourth-order valence-corrected chi connectivity index (χ4v) is 2.56. The number of oxazole rings is 1. The van der Waals surface area contributed by atoms with E-state index in [0.29, 0.717) is 16.9 Å². The van der Waals surface area contributed by atoms with Gasteiger partial charge in [-0.25, -0.2) is 14.5 Å². The standard InChI is InChI=1S/C15H10BrN5O2/c16-10-3-5-12(6-4-10)21-9-11(18-19-21)8-20-14-13(23-15(20)22)2-1-7-17-14/h1-7,9H,8H2. The van der Waals surface area contributed by atoms with E-state index in [1.165, 1.54) is 4.57 Å². The molecule has 0 spiro atoms. The van der Waals surface area contributed by atoms with Gasteiger partial charge in [-0.3, -0.25) is 4.57 Å². The number of hydrogen-bond acceptors (Lipinski definition) is 5. The summed E-state index contributed by atoms with van der Waals surface area (Å²) >= 11 is 3.39. The van der Waals surface area contributed by atoms with Crippen LogP contribution in [0.25, 0.3) is 16.9 Å².